The Labute approximate surface area is 100.0 Å². The van der Waals surface area contributed by atoms with Gasteiger partial charge in [0.15, 0.2) is 0 Å². The minimum absolute atomic E-state index is 0.224. The Morgan fingerprint density at radius 2 is 2.06 bits per heavy atom. The molecule has 4 heteroatoms. The molecule has 17 heavy (non-hydrogen) atoms. The minimum Gasteiger partial charge on any atom is -0.433 e. The molecule has 0 aliphatic heterocycles. The van der Waals surface area contributed by atoms with E-state index in [-0.39, 0.29) is 5.75 Å². The molecule has 0 radical (unpaired) electrons. The molecule has 2 atom stereocenters. The summed E-state index contributed by atoms with van der Waals surface area (Å²) in [5, 5.41) is 3.29. The predicted octanol–water partition coefficient (Wildman–Crippen LogP) is 3.89. The molecule has 1 aliphatic carbocycles. The van der Waals surface area contributed by atoms with E-state index in [2.05, 4.69) is 17.0 Å². The molecule has 1 aromatic carbocycles. The molecule has 1 aliphatic rings. The summed E-state index contributed by atoms with van der Waals surface area (Å²) in [4.78, 5) is 0. The van der Waals surface area contributed by atoms with Crippen molar-refractivity contribution in [3.63, 3.8) is 0 Å². The first kappa shape index (κ1) is 12.1. The van der Waals surface area contributed by atoms with Gasteiger partial charge in [0.05, 0.1) is 5.69 Å². The summed E-state index contributed by atoms with van der Waals surface area (Å²) >= 11 is 0. The van der Waals surface area contributed by atoms with Crippen LogP contribution >= 0.6 is 0 Å². The third-order valence-electron chi connectivity index (χ3n) is 3.16. The van der Waals surface area contributed by atoms with Crippen LogP contribution in [0.25, 0.3) is 0 Å². The summed E-state index contributed by atoms with van der Waals surface area (Å²) in [5.74, 6) is 0.928. The van der Waals surface area contributed by atoms with Crippen molar-refractivity contribution in [3.8, 4) is 5.75 Å². The average Bonchev–Trinajstić information content (AvgIpc) is 2.66. The lowest BCUT2D eigenvalue weighted by Crippen LogP contribution is -2.16. The Hall–Kier alpha value is -1.32. The number of alkyl halides is 2. The highest BCUT2D eigenvalue weighted by atomic mass is 19.3. The number of anilines is 1. The van der Waals surface area contributed by atoms with E-state index in [1.165, 1.54) is 6.42 Å². The van der Waals surface area contributed by atoms with E-state index in [4.69, 9.17) is 0 Å². The Balaban J connectivity index is 2.04. The van der Waals surface area contributed by atoms with Crippen LogP contribution in [0.4, 0.5) is 14.5 Å². The maximum Gasteiger partial charge on any atom is 0.387 e. The fourth-order valence-electron chi connectivity index (χ4n) is 2.34. The smallest absolute Gasteiger partial charge is 0.387 e. The largest absolute Gasteiger partial charge is 0.433 e. The van der Waals surface area contributed by atoms with Gasteiger partial charge in [0.25, 0.3) is 0 Å². The molecule has 1 N–H and O–H groups in total. The number of rotatable bonds is 4. The first-order valence-electron chi connectivity index (χ1n) is 5.95. The van der Waals surface area contributed by atoms with E-state index in [1.807, 2.05) is 6.07 Å². The van der Waals surface area contributed by atoms with Crippen LogP contribution in [0.3, 0.4) is 0 Å². The first-order valence-corrected chi connectivity index (χ1v) is 5.95. The highest BCUT2D eigenvalue weighted by Crippen LogP contribution is 2.31. The lowest BCUT2D eigenvalue weighted by atomic mass is 10.1. The molecule has 1 fully saturated rings. The molecule has 0 amide bonds. The van der Waals surface area contributed by atoms with Crippen LogP contribution in [0.5, 0.6) is 5.75 Å². The normalized spacial score (nSPS) is 24.0. The number of halogens is 2. The molecule has 0 spiro atoms. The summed E-state index contributed by atoms with van der Waals surface area (Å²) in [6.07, 6.45) is 3.36. The molecule has 2 unspecified atom stereocenters. The van der Waals surface area contributed by atoms with Gasteiger partial charge in [-0.05, 0) is 37.3 Å². The van der Waals surface area contributed by atoms with Gasteiger partial charge in [-0.1, -0.05) is 19.1 Å². The lowest BCUT2D eigenvalue weighted by molar-refractivity contribution is -0.0493. The highest BCUT2D eigenvalue weighted by molar-refractivity contribution is 5.56. The summed E-state index contributed by atoms with van der Waals surface area (Å²) in [6.45, 7) is -0.566. The van der Waals surface area contributed by atoms with E-state index in [9.17, 15) is 8.78 Å². The first-order chi connectivity index (χ1) is 8.15. The van der Waals surface area contributed by atoms with Crippen molar-refractivity contribution < 1.29 is 13.5 Å². The minimum atomic E-state index is -2.78. The van der Waals surface area contributed by atoms with Crippen molar-refractivity contribution in [1.82, 2.24) is 0 Å². The second kappa shape index (κ2) is 5.34. The molecule has 0 aromatic heterocycles. The van der Waals surface area contributed by atoms with Crippen LogP contribution in [-0.4, -0.2) is 12.7 Å². The van der Waals surface area contributed by atoms with Gasteiger partial charge in [-0.15, -0.1) is 0 Å². The molecule has 1 aromatic rings. The van der Waals surface area contributed by atoms with Crippen molar-refractivity contribution in [2.24, 2.45) is 5.92 Å². The van der Waals surface area contributed by atoms with Gasteiger partial charge < -0.3 is 10.1 Å². The van der Waals surface area contributed by atoms with Crippen molar-refractivity contribution in [1.29, 1.82) is 0 Å². The molecule has 0 bridgehead atoms. The molecule has 2 nitrogen and oxygen atoms in total. The molecule has 1 saturated carbocycles. The van der Waals surface area contributed by atoms with Crippen molar-refractivity contribution in [3.05, 3.63) is 24.3 Å². The van der Waals surface area contributed by atoms with Gasteiger partial charge in [-0.2, -0.15) is 8.78 Å². The second-order valence-corrected chi connectivity index (χ2v) is 4.63. The summed E-state index contributed by atoms with van der Waals surface area (Å²) < 4.78 is 28.9. The Morgan fingerprint density at radius 1 is 1.29 bits per heavy atom. The Bertz CT molecular complexity index is 370. The lowest BCUT2D eigenvalue weighted by Gasteiger charge is -2.17. The van der Waals surface area contributed by atoms with Crippen molar-refractivity contribution in [2.75, 3.05) is 5.32 Å². The third kappa shape index (κ3) is 3.32. The molecular formula is C13H17F2NO. The SMILES string of the molecule is CC1CCC(Nc2ccccc2OC(F)F)C1. The molecule has 0 saturated heterocycles. The number of benzene rings is 1. The van der Waals surface area contributed by atoms with E-state index in [1.54, 1.807) is 18.2 Å². The average molecular weight is 241 g/mol. The topological polar surface area (TPSA) is 21.3 Å². The summed E-state index contributed by atoms with van der Waals surface area (Å²) in [6, 6.07) is 7.22. The van der Waals surface area contributed by atoms with Gasteiger partial charge >= 0.3 is 6.61 Å². The number of hydrogen-bond donors (Lipinski definition) is 1. The Kier molecular flexibility index (Phi) is 3.82. The van der Waals surface area contributed by atoms with Crippen molar-refractivity contribution in [2.45, 2.75) is 38.8 Å². The maximum atomic E-state index is 12.2. The highest BCUT2D eigenvalue weighted by Gasteiger charge is 2.22. The van der Waals surface area contributed by atoms with E-state index in [0.29, 0.717) is 17.6 Å². The number of ether oxygens (including phenoxy) is 1. The quantitative estimate of drug-likeness (QED) is 0.863. The van der Waals surface area contributed by atoms with Crippen molar-refractivity contribution >= 4 is 5.69 Å². The fraction of sp³-hybridized carbons (Fsp3) is 0.538. The van der Waals surface area contributed by atoms with E-state index < -0.39 is 6.61 Å². The standard InChI is InChI=1S/C13H17F2NO/c1-9-6-7-10(8-9)16-11-4-2-3-5-12(11)17-13(14)15/h2-5,9-10,13,16H,6-8H2,1H3. The van der Waals surface area contributed by atoms with Gasteiger partial charge in [-0.3, -0.25) is 0 Å². The van der Waals surface area contributed by atoms with E-state index in [0.717, 1.165) is 12.8 Å². The van der Waals surface area contributed by atoms with Gasteiger partial charge in [-0.25, -0.2) is 0 Å². The summed E-state index contributed by atoms with van der Waals surface area (Å²) in [7, 11) is 0. The monoisotopic (exact) mass is 241 g/mol. The van der Waals surface area contributed by atoms with E-state index >= 15 is 0 Å². The summed E-state index contributed by atoms with van der Waals surface area (Å²) in [5.41, 5.74) is 0.659. The van der Waals surface area contributed by atoms with Gasteiger partial charge in [0, 0.05) is 6.04 Å². The number of hydrogen-bond acceptors (Lipinski definition) is 2. The molecular weight excluding hydrogens is 224 g/mol. The zero-order valence-corrected chi connectivity index (χ0v) is 9.83. The number of nitrogens with one attached hydrogen (secondary N) is 1. The van der Waals surface area contributed by atoms with Crippen LogP contribution < -0.4 is 10.1 Å². The number of para-hydroxylation sites is 2. The zero-order valence-electron chi connectivity index (χ0n) is 9.83. The Morgan fingerprint density at radius 3 is 2.71 bits per heavy atom. The fourth-order valence-corrected chi connectivity index (χ4v) is 2.34. The molecule has 0 heterocycles. The van der Waals surface area contributed by atoms with Crippen LogP contribution in [0.2, 0.25) is 0 Å². The van der Waals surface area contributed by atoms with Crippen LogP contribution in [-0.2, 0) is 0 Å². The zero-order chi connectivity index (χ0) is 12.3. The van der Waals surface area contributed by atoms with Gasteiger partial charge in [0.2, 0.25) is 0 Å². The van der Waals surface area contributed by atoms with Crippen LogP contribution in [0.1, 0.15) is 26.2 Å². The third-order valence-corrected chi connectivity index (χ3v) is 3.16. The second-order valence-electron chi connectivity index (χ2n) is 4.63. The van der Waals surface area contributed by atoms with Crippen LogP contribution in [0.15, 0.2) is 24.3 Å². The van der Waals surface area contributed by atoms with Crippen LogP contribution in [0, 0.1) is 5.92 Å². The molecule has 2 rings (SSSR count). The maximum absolute atomic E-state index is 12.2. The van der Waals surface area contributed by atoms with Gasteiger partial charge in [0.1, 0.15) is 5.75 Å². The predicted molar refractivity (Wildman–Crippen MR) is 63.5 cm³/mol. The molecule has 94 valence electrons.